The topological polar surface area (TPSA) is 29.1 Å². The molecule has 0 aliphatic carbocycles. The van der Waals surface area contributed by atoms with E-state index in [1.165, 1.54) is 17.3 Å². The highest BCUT2D eigenvalue weighted by Gasteiger charge is 2.09. The van der Waals surface area contributed by atoms with Crippen LogP contribution in [0.4, 0.5) is 5.69 Å². The van der Waals surface area contributed by atoms with Crippen LogP contribution in [0.2, 0.25) is 10.0 Å². The van der Waals surface area contributed by atoms with E-state index in [1.807, 2.05) is 26.0 Å². The maximum Gasteiger partial charge on any atom is 0.234 e. The van der Waals surface area contributed by atoms with Crippen LogP contribution in [0.15, 0.2) is 30.3 Å². The van der Waals surface area contributed by atoms with Gasteiger partial charge in [0.25, 0.3) is 0 Å². The molecule has 0 aromatic heterocycles. The van der Waals surface area contributed by atoms with E-state index in [2.05, 4.69) is 24.4 Å². The standard InChI is InChI=1S/C18H19Cl2NOS/c1-11-6-12(2)18(13(3)7-11)21-17(22)10-23-9-14-4-5-15(19)8-16(14)20/h4-8H,9-10H2,1-3H3,(H,21,22). The van der Waals surface area contributed by atoms with Crippen LogP contribution in [0.5, 0.6) is 0 Å². The fourth-order valence-corrected chi connectivity index (χ4v) is 3.83. The number of carbonyl (C=O) groups is 1. The molecular formula is C18H19Cl2NOS. The van der Waals surface area contributed by atoms with Crippen molar-refractivity contribution in [3.63, 3.8) is 0 Å². The predicted molar refractivity (Wildman–Crippen MR) is 102 cm³/mol. The number of rotatable bonds is 5. The minimum Gasteiger partial charge on any atom is -0.325 e. The monoisotopic (exact) mass is 367 g/mol. The van der Waals surface area contributed by atoms with Gasteiger partial charge in [-0.1, -0.05) is 47.0 Å². The van der Waals surface area contributed by atoms with Gasteiger partial charge in [-0.2, -0.15) is 0 Å². The van der Waals surface area contributed by atoms with Crippen molar-refractivity contribution in [3.05, 3.63) is 62.6 Å². The van der Waals surface area contributed by atoms with E-state index in [9.17, 15) is 4.79 Å². The SMILES string of the molecule is Cc1cc(C)c(NC(=O)CSCc2ccc(Cl)cc2Cl)c(C)c1. The number of hydrogen-bond donors (Lipinski definition) is 1. The first-order chi connectivity index (χ1) is 10.9. The van der Waals surface area contributed by atoms with E-state index >= 15 is 0 Å². The fourth-order valence-electron chi connectivity index (χ4n) is 2.45. The molecule has 0 spiro atoms. The number of benzene rings is 2. The zero-order valence-corrected chi connectivity index (χ0v) is 15.7. The van der Waals surface area contributed by atoms with Crippen LogP contribution in [0.3, 0.4) is 0 Å². The summed E-state index contributed by atoms with van der Waals surface area (Å²) in [6.45, 7) is 6.07. The molecule has 0 atom stereocenters. The molecule has 23 heavy (non-hydrogen) atoms. The number of aryl methyl sites for hydroxylation is 3. The third kappa shape index (κ3) is 5.17. The van der Waals surface area contributed by atoms with E-state index in [1.54, 1.807) is 6.07 Å². The first-order valence-corrected chi connectivity index (χ1v) is 9.17. The van der Waals surface area contributed by atoms with Gasteiger partial charge in [-0.3, -0.25) is 4.79 Å². The quantitative estimate of drug-likeness (QED) is 0.724. The van der Waals surface area contributed by atoms with Gasteiger partial charge in [0.2, 0.25) is 5.91 Å². The van der Waals surface area contributed by atoms with Gasteiger partial charge in [-0.25, -0.2) is 0 Å². The molecule has 0 bridgehead atoms. The van der Waals surface area contributed by atoms with Crippen molar-refractivity contribution >= 4 is 46.6 Å². The van der Waals surface area contributed by atoms with Crippen molar-refractivity contribution in [1.82, 2.24) is 0 Å². The average Bonchev–Trinajstić information content (AvgIpc) is 2.45. The molecule has 0 saturated heterocycles. The molecule has 0 heterocycles. The van der Waals surface area contributed by atoms with E-state index in [0.29, 0.717) is 21.6 Å². The molecule has 122 valence electrons. The molecule has 0 radical (unpaired) electrons. The fraction of sp³-hybridized carbons (Fsp3) is 0.278. The number of thioether (sulfide) groups is 1. The van der Waals surface area contributed by atoms with Crippen molar-refractivity contribution in [2.45, 2.75) is 26.5 Å². The number of halogens is 2. The molecule has 0 fully saturated rings. The second-order valence-corrected chi connectivity index (χ2v) is 7.38. The minimum absolute atomic E-state index is 0.00450. The van der Waals surface area contributed by atoms with Gasteiger partial charge >= 0.3 is 0 Å². The molecule has 0 unspecified atom stereocenters. The van der Waals surface area contributed by atoms with E-state index < -0.39 is 0 Å². The van der Waals surface area contributed by atoms with Crippen LogP contribution in [0.1, 0.15) is 22.3 Å². The number of amides is 1. The molecule has 2 aromatic rings. The van der Waals surface area contributed by atoms with Gasteiger partial charge in [-0.15, -0.1) is 11.8 Å². The first kappa shape index (κ1) is 18.2. The van der Waals surface area contributed by atoms with Gasteiger partial charge in [0.1, 0.15) is 0 Å². The Bertz CT molecular complexity index is 708. The number of nitrogens with one attached hydrogen (secondary N) is 1. The summed E-state index contributed by atoms with van der Waals surface area (Å²) in [6.07, 6.45) is 0. The van der Waals surface area contributed by atoms with Crippen molar-refractivity contribution in [2.24, 2.45) is 0 Å². The van der Waals surface area contributed by atoms with Crippen molar-refractivity contribution < 1.29 is 4.79 Å². The molecule has 0 aliphatic heterocycles. The number of carbonyl (C=O) groups excluding carboxylic acids is 1. The Balaban J connectivity index is 1.91. The normalized spacial score (nSPS) is 10.7. The molecule has 2 rings (SSSR count). The maximum atomic E-state index is 12.1. The lowest BCUT2D eigenvalue weighted by Gasteiger charge is -2.13. The molecular weight excluding hydrogens is 349 g/mol. The molecule has 5 heteroatoms. The maximum absolute atomic E-state index is 12.1. The highest BCUT2D eigenvalue weighted by Crippen LogP contribution is 2.25. The lowest BCUT2D eigenvalue weighted by molar-refractivity contribution is -0.113. The van der Waals surface area contributed by atoms with Gasteiger partial charge in [0.05, 0.1) is 5.75 Å². The van der Waals surface area contributed by atoms with Crippen molar-refractivity contribution in [3.8, 4) is 0 Å². The minimum atomic E-state index is -0.00450. The summed E-state index contributed by atoms with van der Waals surface area (Å²) in [5.41, 5.74) is 5.26. The third-order valence-electron chi connectivity index (χ3n) is 3.45. The Labute approximate surface area is 151 Å². The molecule has 1 N–H and O–H groups in total. The highest BCUT2D eigenvalue weighted by atomic mass is 35.5. The van der Waals surface area contributed by atoms with E-state index in [-0.39, 0.29) is 5.91 Å². The van der Waals surface area contributed by atoms with Gasteiger partial charge in [-0.05, 0) is 49.6 Å². The third-order valence-corrected chi connectivity index (χ3v) is 5.02. The summed E-state index contributed by atoms with van der Waals surface area (Å²) >= 11 is 13.5. The van der Waals surface area contributed by atoms with Crippen LogP contribution >= 0.6 is 35.0 Å². The zero-order valence-electron chi connectivity index (χ0n) is 13.4. The van der Waals surface area contributed by atoms with E-state index in [0.717, 1.165) is 22.4 Å². The predicted octanol–water partition coefficient (Wildman–Crippen LogP) is 5.79. The molecule has 2 nitrogen and oxygen atoms in total. The van der Waals surface area contributed by atoms with Gasteiger partial charge in [0, 0.05) is 21.5 Å². The summed E-state index contributed by atoms with van der Waals surface area (Å²) in [6, 6.07) is 9.57. The second kappa shape index (κ2) is 8.09. The Kier molecular flexibility index (Phi) is 6.40. The number of hydrogen-bond acceptors (Lipinski definition) is 2. The van der Waals surface area contributed by atoms with Crippen LogP contribution < -0.4 is 5.32 Å². The highest BCUT2D eigenvalue weighted by molar-refractivity contribution is 7.99. The summed E-state index contributed by atoms with van der Waals surface area (Å²) in [5.74, 6) is 1.05. The van der Waals surface area contributed by atoms with Crippen molar-refractivity contribution in [2.75, 3.05) is 11.1 Å². The molecule has 0 aliphatic rings. The van der Waals surface area contributed by atoms with Gasteiger partial charge < -0.3 is 5.32 Å². The lowest BCUT2D eigenvalue weighted by atomic mass is 10.1. The molecule has 1 amide bonds. The Morgan fingerprint density at radius 3 is 2.35 bits per heavy atom. The molecule has 0 saturated carbocycles. The van der Waals surface area contributed by atoms with Crippen LogP contribution in [-0.4, -0.2) is 11.7 Å². The summed E-state index contributed by atoms with van der Waals surface area (Å²) in [5, 5.41) is 4.25. The second-order valence-electron chi connectivity index (χ2n) is 5.55. The average molecular weight is 368 g/mol. The summed E-state index contributed by atoms with van der Waals surface area (Å²) < 4.78 is 0. The molecule has 2 aromatic carbocycles. The Morgan fingerprint density at radius 2 is 1.74 bits per heavy atom. The van der Waals surface area contributed by atoms with Crippen LogP contribution in [0.25, 0.3) is 0 Å². The van der Waals surface area contributed by atoms with Crippen molar-refractivity contribution in [1.29, 1.82) is 0 Å². The Morgan fingerprint density at radius 1 is 1.09 bits per heavy atom. The number of anilines is 1. The van der Waals surface area contributed by atoms with Crippen LogP contribution in [-0.2, 0) is 10.5 Å². The smallest absolute Gasteiger partial charge is 0.234 e. The summed E-state index contributed by atoms with van der Waals surface area (Å²) in [7, 11) is 0. The Hall–Kier alpha value is -1.16. The van der Waals surface area contributed by atoms with Crippen LogP contribution in [0, 0.1) is 20.8 Å². The largest absolute Gasteiger partial charge is 0.325 e. The van der Waals surface area contributed by atoms with Gasteiger partial charge in [0.15, 0.2) is 0 Å². The first-order valence-electron chi connectivity index (χ1n) is 7.26. The lowest BCUT2D eigenvalue weighted by Crippen LogP contribution is -2.16. The van der Waals surface area contributed by atoms with E-state index in [4.69, 9.17) is 23.2 Å². The zero-order chi connectivity index (χ0) is 17.0. The summed E-state index contributed by atoms with van der Waals surface area (Å²) in [4.78, 5) is 12.1.